The highest BCUT2D eigenvalue weighted by Gasteiger charge is 2.42. The molecule has 1 heterocycles. The molecule has 15 heavy (non-hydrogen) atoms. The number of hydrogen-bond donors (Lipinski definition) is 2. The predicted octanol–water partition coefficient (Wildman–Crippen LogP) is 1.71. The summed E-state index contributed by atoms with van der Waals surface area (Å²) in [5, 5.41) is 10.6. The molecule has 1 aromatic heterocycles. The summed E-state index contributed by atoms with van der Waals surface area (Å²) in [4.78, 5) is 0. The van der Waals surface area contributed by atoms with Gasteiger partial charge in [-0.2, -0.15) is 0 Å². The monoisotopic (exact) mass is 209 g/mol. The molecule has 0 bridgehead atoms. The van der Waals surface area contributed by atoms with Crippen molar-refractivity contribution >= 4 is 0 Å². The summed E-state index contributed by atoms with van der Waals surface area (Å²) in [5.41, 5.74) is 5.87. The normalized spacial score (nSPS) is 30.3. The summed E-state index contributed by atoms with van der Waals surface area (Å²) in [5.74, 6) is 1.85. The molecule has 1 aromatic rings. The second kappa shape index (κ2) is 3.65. The van der Waals surface area contributed by atoms with Crippen LogP contribution in [0.5, 0.6) is 0 Å². The minimum absolute atomic E-state index is 0.221. The highest BCUT2D eigenvalue weighted by atomic mass is 16.4. The third kappa shape index (κ3) is 1.60. The molecule has 0 aliphatic heterocycles. The molecule has 0 aromatic carbocycles. The molecule has 0 amide bonds. The van der Waals surface area contributed by atoms with Gasteiger partial charge in [-0.05, 0) is 50.3 Å². The van der Waals surface area contributed by atoms with E-state index in [0.29, 0.717) is 13.0 Å². The van der Waals surface area contributed by atoms with Gasteiger partial charge in [0, 0.05) is 0 Å². The first-order chi connectivity index (χ1) is 7.08. The van der Waals surface area contributed by atoms with Crippen LogP contribution in [0.2, 0.25) is 0 Å². The summed E-state index contributed by atoms with van der Waals surface area (Å²) < 4.78 is 5.64. The average molecular weight is 209 g/mol. The SMILES string of the molecule is Cc1cc2c(o1)C(O)(CCN)C(C)CC2. The Kier molecular flexibility index (Phi) is 2.61. The van der Waals surface area contributed by atoms with Crippen LogP contribution in [0, 0.1) is 12.8 Å². The first-order valence-corrected chi connectivity index (χ1v) is 5.60. The quantitative estimate of drug-likeness (QED) is 0.779. The first-order valence-electron chi connectivity index (χ1n) is 5.60. The number of hydrogen-bond acceptors (Lipinski definition) is 3. The zero-order chi connectivity index (χ0) is 11.1. The molecule has 3 N–H and O–H groups in total. The number of aryl methyl sites for hydroxylation is 2. The Bertz CT molecular complexity index is 359. The van der Waals surface area contributed by atoms with Crippen molar-refractivity contribution in [1.29, 1.82) is 0 Å². The van der Waals surface area contributed by atoms with Gasteiger partial charge in [-0.15, -0.1) is 0 Å². The molecule has 0 fully saturated rings. The maximum absolute atomic E-state index is 10.6. The molecule has 84 valence electrons. The lowest BCUT2D eigenvalue weighted by atomic mass is 9.74. The molecule has 2 unspecified atom stereocenters. The van der Waals surface area contributed by atoms with E-state index >= 15 is 0 Å². The Balaban J connectivity index is 2.44. The van der Waals surface area contributed by atoms with E-state index in [1.807, 2.05) is 13.0 Å². The Labute approximate surface area is 90.3 Å². The van der Waals surface area contributed by atoms with Crippen molar-refractivity contribution in [3.8, 4) is 0 Å². The Hall–Kier alpha value is -0.800. The van der Waals surface area contributed by atoms with Crippen LogP contribution in [0.1, 0.15) is 36.8 Å². The second-order valence-corrected chi connectivity index (χ2v) is 4.61. The topological polar surface area (TPSA) is 59.4 Å². The summed E-state index contributed by atoms with van der Waals surface area (Å²) in [6, 6.07) is 2.03. The van der Waals surface area contributed by atoms with Crippen molar-refractivity contribution in [2.45, 2.75) is 38.7 Å². The summed E-state index contributed by atoms with van der Waals surface area (Å²) in [6.07, 6.45) is 2.58. The van der Waals surface area contributed by atoms with Gasteiger partial charge >= 0.3 is 0 Å². The van der Waals surface area contributed by atoms with E-state index in [0.717, 1.165) is 29.9 Å². The van der Waals surface area contributed by atoms with Crippen molar-refractivity contribution in [3.63, 3.8) is 0 Å². The first kappa shape index (κ1) is 10.7. The lowest BCUT2D eigenvalue weighted by Gasteiger charge is -2.36. The molecule has 1 aliphatic rings. The highest BCUT2D eigenvalue weighted by molar-refractivity contribution is 5.29. The molecule has 0 radical (unpaired) electrons. The van der Waals surface area contributed by atoms with Gasteiger partial charge in [0.2, 0.25) is 0 Å². The fraction of sp³-hybridized carbons (Fsp3) is 0.667. The molecule has 2 rings (SSSR count). The molecule has 0 saturated carbocycles. The van der Waals surface area contributed by atoms with Crippen LogP contribution in [0.4, 0.5) is 0 Å². The van der Waals surface area contributed by atoms with Gasteiger partial charge in [0.15, 0.2) is 0 Å². The Morgan fingerprint density at radius 1 is 1.67 bits per heavy atom. The Morgan fingerprint density at radius 2 is 2.40 bits per heavy atom. The minimum atomic E-state index is -0.851. The van der Waals surface area contributed by atoms with Gasteiger partial charge in [-0.25, -0.2) is 0 Å². The van der Waals surface area contributed by atoms with Crippen molar-refractivity contribution in [3.05, 3.63) is 23.2 Å². The third-order valence-electron chi connectivity index (χ3n) is 3.51. The van der Waals surface area contributed by atoms with E-state index in [2.05, 4.69) is 6.92 Å². The van der Waals surface area contributed by atoms with Crippen LogP contribution >= 0.6 is 0 Å². The highest BCUT2D eigenvalue weighted by Crippen LogP contribution is 2.42. The average Bonchev–Trinajstić information content (AvgIpc) is 2.55. The lowest BCUT2D eigenvalue weighted by molar-refractivity contribution is -0.0523. The largest absolute Gasteiger partial charge is 0.463 e. The molecular formula is C12H19NO2. The number of rotatable bonds is 2. The number of nitrogens with two attached hydrogens (primary N) is 1. The van der Waals surface area contributed by atoms with E-state index in [-0.39, 0.29) is 5.92 Å². The third-order valence-corrected chi connectivity index (χ3v) is 3.51. The van der Waals surface area contributed by atoms with Crippen LogP contribution in [0.3, 0.4) is 0 Å². The second-order valence-electron chi connectivity index (χ2n) is 4.61. The molecule has 2 atom stereocenters. The number of fused-ring (bicyclic) bond motifs is 1. The van der Waals surface area contributed by atoms with Gasteiger partial charge in [0.25, 0.3) is 0 Å². The molecule has 3 nitrogen and oxygen atoms in total. The number of furan rings is 1. The molecule has 3 heteroatoms. The van der Waals surface area contributed by atoms with Crippen LogP contribution in [-0.4, -0.2) is 11.7 Å². The smallest absolute Gasteiger partial charge is 0.139 e. The maximum Gasteiger partial charge on any atom is 0.139 e. The summed E-state index contributed by atoms with van der Waals surface area (Å²) in [7, 11) is 0. The number of aliphatic hydroxyl groups is 1. The van der Waals surface area contributed by atoms with Crippen molar-refractivity contribution < 1.29 is 9.52 Å². The molecule has 0 spiro atoms. The molecular weight excluding hydrogens is 190 g/mol. The lowest BCUT2D eigenvalue weighted by Crippen LogP contribution is -2.39. The standard InChI is InChI=1S/C12H19NO2/c1-8-3-4-10-7-9(2)15-11(10)12(8,14)5-6-13/h7-8,14H,3-6,13H2,1-2H3. The van der Waals surface area contributed by atoms with Gasteiger partial charge < -0.3 is 15.3 Å². The maximum atomic E-state index is 10.6. The van der Waals surface area contributed by atoms with E-state index in [1.165, 1.54) is 0 Å². The minimum Gasteiger partial charge on any atom is -0.463 e. The zero-order valence-electron chi connectivity index (χ0n) is 9.42. The van der Waals surface area contributed by atoms with E-state index in [1.54, 1.807) is 0 Å². The van der Waals surface area contributed by atoms with Gasteiger partial charge in [0.1, 0.15) is 17.1 Å². The zero-order valence-corrected chi connectivity index (χ0v) is 9.42. The summed E-state index contributed by atoms with van der Waals surface area (Å²) in [6.45, 7) is 4.47. The Morgan fingerprint density at radius 3 is 3.07 bits per heavy atom. The van der Waals surface area contributed by atoms with Crippen LogP contribution in [0.15, 0.2) is 10.5 Å². The van der Waals surface area contributed by atoms with E-state index < -0.39 is 5.60 Å². The van der Waals surface area contributed by atoms with Gasteiger partial charge in [0.05, 0.1) is 0 Å². The van der Waals surface area contributed by atoms with Crippen LogP contribution in [-0.2, 0) is 12.0 Å². The van der Waals surface area contributed by atoms with Gasteiger partial charge in [-0.3, -0.25) is 0 Å². The van der Waals surface area contributed by atoms with E-state index in [9.17, 15) is 5.11 Å². The van der Waals surface area contributed by atoms with Crippen molar-refractivity contribution in [2.75, 3.05) is 6.54 Å². The van der Waals surface area contributed by atoms with Crippen LogP contribution in [0.25, 0.3) is 0 Å². The van der Waals surface area contributed by atoms with Crippen molar-refractivity contribution in [2.24, 2.45) is 11.7 Å². The molecule has 1 aliphatic carbocycles. The van der Waals surface area contributed by atoms with E-state index in [4.69, 9.17) is 10.2 Å². The molecule has 0 saturated heterocycles. The predicted molar refractivity (Wildman–Crippen MR) is 58.5 cm³/mol. The fourth-order valence-corrected chi connectivity index (χ4v) is 2.53. The van der Waals surface area contributed by atoms with Crippen LogP contribution < -0.4 is 5.73 Å². The van der Waals surface area contributed by atoms with Gasteiger partial charge in [-0.1, -0.05) is 6.92 Å². The summed E-state index contributed by atoms with van der Waals surface area (Å²) >= 11 is 0. The van der Waals surface area contributed by atoms with Crippen molar-refractivity contribution in [1.82, 2.24) is 0 Å². The fourth-order valence-electron chi connectivity index (χ4n) is 2.53.